The Hall–Kier alpha value is -1.33. The Balaban J connectivity index is 2.53. The highest BCUT2D eigenvalue weighted by Crippen LogP contribution is 2.34. The maximum Gasteiger partial charge on any atom is 0.182 e. The third-order valence-electron chi connectivity index (χ3n) is 3.22. The van der Waals surface area contributed by atoms with Gasteiger partial charge in [-0.15, -0.1) is 5.10 Å². The predicted molar refractivity (Wildman–Crippen MR) is 81.9 cm³/mol. The highest BCUT2D eigenvalue weighted by atomic mass is 35.5. The van der Waals surface area contributed by atoms with Gasteiger partial charge in [-0.1, -0.05) is 36.5 Å². The van der Waals surface area contributed by atoms with E-state index >= 15 is 0 Å². The number of aromatic nitrogens is 4. The summed E-state index contributed by atoms with van der Waals surface area (Å²) in [6.45, 7) is 6.32. The van der Waals surface area contributed by atoms with Gasteiger partial charge in [-0.3, -0.25) is 0 Å². The summed E-state index contributed by atoms with van der Waals surface area (Å²) in [5, 5.41) is 12.7. The summed E-state index contributed by atoms with van der Waals surface area (Å²) >= 11 is 12.0. The van der Waals surface area contributed by atoms with Crippen molar-refractivity contribution in [3.63, 3.8) is 0 Å². The van der Waals surface area contributed by atoms with Crippen molar-refractivity contribution < 1.29 is 0 Å². The molecule has 0 spiro atoms. The molecule has 7 heteroatoms. The molecule has 0 aliphatic rings. The monoisotopic (exact) mass is 313 g/mol. The molecule has 2 aromatic rings. The van der Waals surface area contributed by atoms with Gasteiger partial charge >= 0.3 is 0 Å². The quantitative estimate of drug-likeness (QED) is 0.872. The fraction of sp³-hybridized carbons (Fsp3) is 0.462. The van der Waals surface area contributed by atoms with E-state index in [2.05, 4.69) is 36.3 Å². The maximum absolute atomic E-state index is 6.07. The van der Waals surface area contributed by atoms with Gasteiger partial charge < -0.3 is 5.73 Å². The largest absolute Gasteiger partial charge is 0.397 e. The summed E-state index contributed by atoms with van der Waals surface area (Å²) in [7, 11) is 0. The fourth-order valence-electron chi connectivity index (χ4n) is 2.23. The molecular formula is C13H17Cl2N5. The van der Waals surface area contributed by atoms with Crippen LogP contribution in [-0.4, -0.2) is 20.2 Å². The first-order valence-corrected chi connectivity index (χ1v) is 7.16. The molecule has 2 rings (SSSR count). The van der Waals surface area contributed by atoms with Crippen LogP contribution in [0.15, 0.2) is 12.1 Å². The van der Waals surface area contributed by atoms with Crippen LogP contribution in [0.4, 0.5) is 5.69 Å². The summed E-state index contributed by atoms with van der Waals surface area (Å²) in [6, 6.07) is 3.46. The number of nitrogens with two attached hydrogens (primary N) is 1. The van der Waals surface area contributed by atoms with Gasteiger partial charge in [0.2, 0.25) is 0 Å². The molecule has 1 aromatic carbocycles. The number of nitrogen functional groups attached to an aromatic ring is 1. The third-order valence-corrected chi connectivity index (χ3v) is 4.04. The summed E-state index contributed by atoms with van der Waals surface area (Å²) < 4.78 is 1.80. The van der Waals surface area contributed by atoms with Crippen molar-refractivity contribution in [1.29, 1.82) is 0 Å². The van der Waals surface area contributed by atoms with Crippen molar-refractivity contribution in [1.82, 2.24) is 20.2 Å². The van der Waals surface area contributed by atoms with Gasteiger partial charge in [0.15, 0.2) is 5.82 Å². The van der Waals surface area contributed by atoms with Crippen LogP contribution in [0.25, 0.3) is 11.4 Å². The molecule has 0 radical (unpaired) electrons. The normalized spacial score (nSPS) is 11.8. The Morgan fingerprint density at radius 3 is 2.60 bits per heavy atom. The van der Waals surface area contributed by atoms with Crippen molar-refractivity contribution in [3.05, 3.63) is 22.2 Å². The molecular weight excluding hydrogens is 297 g/mol. The van der Waals surface area contributed by atoms with Crippen molar-refractivity contribution in [2.75, 3.05) is 5.73 Å². The van der Waals surface area contributed by atoms with Gasteiger partial charge in [-0.05, 0) is 42.8 Å². The van der Waals surface area contributed by atoms with E-state index in [0.29, 0.717) is 21.6 Å². The van der Waals surface area contributed by atoms with Crippen LogP contribution < -0.4 is 5.73 Å². The maximum atomic E-state index is 6.07. The number of halogens is 2. The molecule has 0 atom stereocenters. The van der Waals surface area contributed by atoms with E-state index in [0.717, 1.165) is 18.4 Å². The van der Waals surface area contributed by atoms with Crippen LogP contribution >= 0.6 is 23.2 Å². The lowest BCUT2D eigenvalue weighted by atomic mass is 9.98. The van der Waals surface area contributed by atoms with E-state index in [1.807, 2.05) is 0 Å². The molecule has 0 amide bonds. The van der Waals surface area contributed by atoms with Gasteiger partial charge in [0.1, 0.15) is 0 Å². The van der Waals surface area contributed by atoms with E-state index in [4.69, 9.17) is 28.9 Å². The second kappa shape index (κ2) is 5.58. The lowest BCUT2D eigenvalue weighted by molar-refractivity contribution is 0.290. The summed E-state index contributed by atoms with van der Waals surface area (Å²) in [5.74, 6) is 0.633. The number of tetrazole rings is 1. The number of nitrogens with zero attached hydrogens (tertiary/aromatic N) is 4. The smallest absolute Gasteiger partial charge is 0.182 e. The van der Waals surface area contributed by atoms with Crippen molar-refractivity contribution in [2.24, 2.45) is 0 Å². The number of hydrogen-bond donors (Lipinski definition) is 1. The van der Waals surface area contributed by atoms with Crippen LogP contribution in [0.1, 0.15) is 33.6 Å². The van der Waals surface area contributed by atoms with Crippen molar-refractivity contribution in [2.45, 2.75) is 39.2 Å². The molecule has 1 heterocycles. The highest BCUT2D eigenvalue weighted by Gasteiger charge is 2.25. The molecule has 0 aliphatic carbocycles. The minimum absolute atomic E-state index is 0.186. The summed E-state index contributed by atoms with van der Waals surface area (Å²) in [5.41, 5.74) is 6.83. The lowest BCUT2D eigenvalue weighted by Crippen LogP contribution is -2.28. The number of hydrogen-bond acceptors (Lipinski definition) is 4. The summed E-state index contributed by atoms with van der Waals surface area (Å²) in [6.07, 6.45) is 2.00. The van der Waals surface area contributed by atoms with Crippen LogP contribution in [0.5, 0.6) is 0 Å². The molecule has 0 bridgehead atoms. The second-order valence-electron chi connectivity index (χ2n) is 5.34. The topological polar surface area (TPSA) is 69.6 Å². The Morgan fingerprint density at radius 2 is 2.00 bits per heavy atom. The van der Waals surface area contributed by atoms with Crippen LogP contribution in [-0.2, 0) is 5.54 Å². The van der Waals surface area contributed by atoms with E-state index in [1.165, 1.54) is 0 Å². The number of benzene rings is 1. The highest BCUT2D eigenvalue weighted by molar-refractivity contribution is 6.43. The number of rotatable bonds is 4. The first-order valence-electron chi connectivity index (χ1n) is 6.40. The third kappa shape index (κ3) is 2.74. The van der Waals surface area contributed by atoms with Gasteiger partial charge in [-0.25, -0.2) is 4.68 Å². The van der Waals surface area contributed by atoms with Crippen LogP contribution in [0, 0.1) is 0 Å². The molecule has 0 fully saturated rings. The molecule has 0 unspecified atom stereocenters. The van der Waals surface area contributed by atoms with Gasteiger partial charge in [0.05, 0.1) is 21.3 Å². The average molecular weight is 314 g/mol. The van der Waals surface area contributed by atoms with E-state index in [-0.39, 0.29) is 5.54 Å². The standard InChI is InChI=1S/C13H17Cl2N5/c1-4-5-13(2,3)20-12(17-18-19-20)8-6-9(14)11(15)10(16)7-8/h6-7H,4-5,16H2,1-3H3. The molecule has 0 aliphatic heterocycles. The number of anilines is 1. The van der Waals surface area contributed by atoms with E-state index in [9.17, 15) is 0 Å². The Morgan fingerprint density at radius 1 is 1.30 bits per heavy atom. The Labute approximate surface area is 128 Å². The minimum atomic E-state index is -0.186. The SMILES string of the molecule is CCCC(C)(C)n1nnnc1-c1cc(N)c(Cl)c(Cl)c1. The molecule has 5 nitrogen and oxygen atoms in total. The van der Waals surface area contributed by atoms with E-state index in [1.54, 1.807) is 16.8 Å². The van der Waals surface area contributed by atoms with Crippen molar-refractivity contribution >= 4 is 28.9 Å². The molecule has 108 valence electrons. The zero-order valence-electron chi connectivity index (χ0n) is 11.7. The first-order chi connectivity index (χ1) is 9.36. The van der Waals surface area contributed by atoms with Gasteiger partial charge in [-0.2, -0.15) is 0 Å². The Bertz CT molecular complexity index is 598. The van der Waals surface area contributed by atoms with Crippen molar-refractivity contribution in [3.8, 4) is 11.4 Å². The van der Waals surface area contributed by atoms with Gasteiger partial charge in [0.25, 0.3) is 0 Å². The van der Waals surface area contributed by atoms with E-state index < -0.39 is 0 Å². The molecule has 0 saturated heterocycles. The van der Waals surface area contributed by atoms with Crippen LogP contribution in [0.3, 0.4) is 0 Å². The van der Waals surface area contributed by atoms with Gasteiger partial charge in [0, 0.05) is 5.56 Å². The summed E-state index contributed by atoms with van der Waals surface area (Å²) in [4.78, 5) is 0. The molecule has 1 aromatic heterocycles. The Kier molecular flexibility index (Phi) is 4.20. The average Bonchev–Trinajstić information content (AvgIpc) is 2.85. The minimum Gasteiger partial charge on any atom is -0.397 e. The zero-order chi connectivity index (χ0) is 14.9. The lowest BCUT2D eigenvalue weighted by Gasteiger charge is -2.25. The first kappa shape index (κ1) is 15.1. The fourth-order valence-corrected chi connectivity index (χ4v) is 2.57. The molecule has 20 heavy (non-hydrogen) atoms. The zero-order valence-corrected chi connectivity index (χ0v) is 13.2. The predicted octanol–water partition coefficient (Wildman–Crippen LogP) is 3.76. The van der Waals surface area contributed by atoms with Crippen LogP contribution in [0.2, 0.25) is 10.0 Å². The second-order valence-corrected chi connectivity index (χ2v) is 6.12. The molecule has 0 saturated carbocycles. The molecule has 2 N–H and O–H groups in total.